The molecule has 0 saturated carbocycles. The minimum Gasteiger partial charge on any atom is -0.497 e. The molecule has 0 fully saturated rings. The Balaban J connectivity index is 1.60. The van der Waals surface area contributed by atoms with Crippen LogP contribution >= 0.6 is 0 Å². The molecule has 0 atom stereocenters. The van der Waals surface area contributed by atoms with Crippen molar-refractivity contribution in [2.45, 2.75) is 18.4 Å². The lowest BCUT2D eigenvalue weighted by Gasteiger charge is -2.26. The predicted octanol–water partition coefficient (Wildman–Crippen LogP) is 5.21. The third-order valence-corrected chi connectivity index (χ3v) is 7.65. The Morgan fingerprint density at radius 3 is 2.26 bits per heavy atom. The largest absolute Gasteiger partial charge is 0.497 e. The van der Waals surface area contributed by atoms with Gasteiger partial charge in [0.05, 0.1) is 36.3 Å². The highest BCUT2D eigenvalue weighted by atomic mass is 32.2. The minimum atomic E-state index is -4.03. The maximum absolute atomic E-state index is 13.9. The van der Waals surface area contributed by atoms with Crippen LogP contribution in [0.3, 0.4) is 0 Å². The Kier molecular flexibility index (Phi) is 8.66. The fourth-order valence-corrected chi connectivity index (χ4v) is 5.41. The molecule has 4 aromatic rings. The van der Waals surface area contributed by atoms with Gasteiger partial charge in [0, 0.05) is 0 Å². The van der Waals surface area contributed by atoms with Crippen molar-refractivity contribution in [1.29, 1.82) is 0 Å². The molecule has 0 bridgehead atoms. The van der Waals surface area contributed by atoms with Crippen molar-refractivity contribution in [3.05, 3.63) is 120 Å². The van der Waals surface area contributed by atoms with E-state index >= 15 is 0 Å². The maximum atomic E-state index is 13.9. The number of rotatable bonds is 11. The number of hydrogen-bond donors (Lipinski definition) is 1. The maximum Gasteiger partial charge on any atom is 0.264 e. The number of nitrogens with zero attached hydrogens (tertiary/aromatic N) is 1. The average Bonchev–Trinajstić information content (AvgIpc) is 2.94. The summed E-state index contributed by atoms with van der Waals surface area (Å²) in [6.07, 6.45) is 0. The molecule has 196 valence electrons. The molecule has 0 aliphatic rings. The summed E-state index contributed by atoms with van der Waals surface area (Å²) in [7, 11) is -2.51. The second-order valence-corrected chi connectivity index (χ2v) is 10.5. The number of carbonyl (C=O) groups excluding carboxylic acids is 1. The Morgan fingerprint density at radius 2 is 1.55 bits per heavy atom. The van der Waals surface area contributed by atoms with Gasteiger partial charge in [0.25, 0.3) is 15.9 Å². The number of anilines is 1. The van der Waals surface area contributed by atoms with Crippen LogP contribution in [0.2, 0.25) is 0 Å². The zero-order valence-electron chi connectivity index (χ0n) is 21.3. The number of sulfonamides is 1. The number of benzene rings is 4. The van der Waals surface area contributed by atoms with E-state index < -0.39 is 15.9 Å². The summed E-state index contributed by atoms with van der Waals surface area (Å²) in [5.41, 5.74) is 2.39. The van der Waals surface area contributed by atoms with E-state index in [1.54, 1.807) is 36.4 Å². The molecule has 0 aliphatic heterocycles. The summed E-state index contributed by atoms with van der Waals surface area (Å²) >= 11 is 0. The monoisotopic (exact) mass is 530 g/mol. The van der Waals surface area contributed by atoms with Gasteiger partial charge in [-0.1, -0.05) is 54.6 Å². The summed E-state index contributed by atoms with van der Waals surface area (Å²) in [5.74, 6) is 0.877. The van der Waals surface area contributed by atoms with Crippen molar-refractivity contribution in [3.63, 3.8) is 0 Å². The normalized spacial score (nSPS) is 11.0. The van der Waals surface area contributed by atoms with E-state index in [1.807, 2.05) is 61.5 Å². The Morgan fingerprint density at radius 1 is 0.842 bits per heavy atom. The molecule has 0 unspecified atom stereocenters. The van der Waals surface area contributed by atoms with Gasteiger partial charge in [-0.25, -0.2) is 8.42 Å². The van der Waals surface area contributed by atoms with E-state index in [1.165, 1.54) is 23.5 Å². The highest BCUT2D eigenvalue weighted by molar-refractivity contribution is 7.92. The van der Waals surface area contributed by atoms with E-state index in [0.717, 1.165) is 16.9 Å². The summed E-state index contributed by atoms with van der Waals surface area (Å²) < 4.78 is 40.0. The second kappa shape index (κ2) is 12.3. The number of aryl methyl sites for hydroxylation is 1. The van der Waals surface area contributed by atoms with Crippen molar-refractivity contribution < 1.29 is 22.7 Å². The first-order chi connectivity index (χ1) is 18.4. The van der Waals surface area contributed by atoms with Crippen molar-refractivity contribution in [2.75, 3.05) is 24.6 Å². The lowest BCUT2D eigenvalue weighted by Crippen LogP contribution is -2.34. The molecular formula is C30H30N2O5S. The molecule has 7 nitrogen and oxygen atoms in total. The van der Waals surface area contributed by atoms with Crippen LogP contribution in [0.5, 0.6) is 11.5 Å². The van der Waals surface area contributed by atoms with E-state index in [2.05, 4.69) is 5.32 Å². The number of methoxy groups -OCH3 is 1. The van der Waals surface area contributed by atoms with E-state index in [0.29, 0.717) is 5.75 Å². The smallest absolute Gasteiger partial charge is 0.264 e. The molecule has 0 spiro atoms. The molecule has 8 heteroatoms. The number of ether oxygens (including phenoxy) is 2. The SMILES string of the molecule is COc1ccc(S(=O)(=O)N(Cc2ccccc2)c2ccccc2C(=O)NCCOc2cccc(C)c2)cc1. The zero-order chi connectivity index (χ0) is 27.0. The average molecular weight is 531 g/mol. The first-order valence-corrected chi connectivity index (χ1v) is 13.6. The van der Waals surface area contributed by atoms with Crippen LogP contribution in [0.25, 0.3) is 0 Å². The van der Waals surface area contributed by atoms with Crippen LogP contribution < -0.4 is 19.1 Å². The van der Waals surface area contributed by atoms with E-state index in [4.69, 9.17) is 9.47 Å². The number of carbonyl (C=O) groups is 1. The third-order valence-electron chi connectivity index (χ3n) is 5.88. The third kappa shape index (κ3) is 6.52. The summed E-state index contributed by atoms with van der Waals surface area (Å²) in [4.78, 5) is 13.3. The quantitative estimate of drug-likeness (QED) is 0.269. The molecule has 1 amide bonds. The van der Waals surface area contributed by atoms with E-state index in [9.17, 15) is 13.2 Å². The molecular weight excluding hydrogens is 500 g/mol. The van der Waals surface area contributed by atoms with Gasteiger partial charge in [-0.15, -0.1) is 0 Å². The fourth-order valence-electron chi connectivity index (χ4n) is 3.94. The first-order valence-electron chi connectivity index (χ1n) is 12.2. The highest BCUT2D eigenvalue weighted by Crippen LogP contribution is 2.30. The van der Waals surface area contributed by atoms with Crippen molar-refractivity contribution in [3.8, 4) is 11.5 Å². The van der Waals surface area contributed by atoms with Gasteiger partial charge in [-0.3, -0.25) is 9.10 Å². The van der Waals surface area contributed by atoms with Crippen molar-refractivity contribution in [2.24, 2.45) is 0 Å². The number of amides is 1. The van der Waals surface area contributed by atoms with Crippen LogP contribution in [-0.2, 0) is 16.6 Å². The number of hydrogen-bond acceptors (Lipinski definition) is 5. The summed E-state index contributed by atoms with van der Waals surface area (Å²) in [5, 5.41) is 2.85. The standard InChI is InChI=1S/C30H30N2O5S/c1-23-9-8-12-26(21-23)37-20-19-31-30(33)28-13-6-7-14-29(28)32(22-24-10-4-3-5-11-24)38(34,35)27-17-15-25(36-2)16-18-27/h3-18,21H,19-20,22H2,1-2H3,(H,31,33). The minimum absolute atomic E-state index is 0.0516. The van der Waals surface area contributed by atoms with Crippen LogP contribution in [0.4, 0.5) is 5.69 Å². The molecule has 1 N–H and O–H groups in total. The molecule has 0 heterocycles. The van der Waals surface area contributed by atoms with Gasteiger partial charge >= 0.3 is 0 Å². The van der Waals surface area contributed by atoms with Crippen molar-refractivity contribution in [1.82, 2.24) is 5.32 Å². The molecule has 0 aliphatic carbocycles. The van der Waals surface area contributed by atoms with Crippen LogP contribution in [0.15, 0.2) is 108 Å². The Hall–Kier alpha value is -4.30. The molecule has 0 radical (unpaired) electrons. The van der Waals surface area contributed by atoms with Gasteiger partial charge < -0.3 is 14.8 Å². The lowest BCUT2D eigenvalue weighted by molar-refractivity contribution is 0.0947. The van der Waals surface area contributed by atoms with Gasteiger partial charge in [-0.05, 0) is 66.6 Å². The molecule has 38 heavy (non-hydrogen) atoms. The molecule has 4 rings (SSSR count). The van der Waals surface area contributed by atoms with Gasteiger partial charge in [0.15, 0.2) is 0 Å². The lowest BCUT2D eigenvalue weighted by atomic mass is 10.1. The van der Waals surface area contributed by atoms with Crippen LogP contribution in [0.1, 0.15) is 21.5 Å². The molecule has 0 aromatic heterocycles. The predicted molar refractivity (Wildman–Crippen MR) is 148 cm³/mol. The summed E-state index contributed by atoms with van der Waals surface area (Å²) in [6.45, 7) is 2.56. The van der Waals surface area contributed by atoms with Gasteiger partial charge in [-0.2, -0.15) is 0 Å². The molecule has 0 saturated heterocycles. The van der Waals surface area contributed by atoms with Gasteiger partial charge in [0.1, 0.15) is 18.1 Å². The Labute approximate surface area is 223 Å². The van der Waals surface area contributed by atoms with E-state index in [-0.39, 0.29) is 35.8 Å². The van der Waals surface area contributed by atoms with Crippen molar-refractivity contribution >= 4 is 21.6 Å². The zero-order valence-corrected chi connectivity index (χ0v) is 22.1. The van der Waals surface area contributed by atoms with Crippen LogP contribution in [0, 0.1) is 6.92 Å². The van der Waals surface area contributed by atoms with Crippen LogP contribution in [-0.4, -0.2) is 34.6 Å². The number of nitrogens with one attached hydrogen (secondary N) is 1. The topological polar surface area (TPSA) is 84.9 Å². The second-order valence-electron chi connectivity index (χ2n) is 8.61. The molecule has 4 aromatic carbocycles. The highest BCUT2D eigenvalue weighted by Gasteiger charge is 2.28. The van der Waals surface area contributed by atoms with Gasteiger partial charge in [0.2, 0.25) is 0 Å². The Bertz CT molecular complexity index is 1470. The first kappa shape index (κ1) is 26.8. The number of para-hydroxylation sites is 1. The summed E-state index contributed by atoms with van der Waals surface area (Å²) in [6, 6.07) is 29.8. The fraction of sp³-hybridized carbons (Fsp3) is 0.167.